The summed E-state index contributed by atoms with van der Waals surface area (Å²) < 4.78 is 39.0. The number of aromatic nitrogens is 1. The van der Waals surface area contributed by atoms with Crippen LogP contribution in [-0.4, -0.2) is 22.7 Å². The van der Waals surface area contributed by atoms with Crippen molar-refractivity contribution in [3.05, 3.63) is 149 Å². The number of halogens is 3. The number of para-hydroxylation sites is 1. The number of carbonyl (C=O) groups is 3. The van der Waals surface area contributed by atoms with Crippen molar-refractivity contribution in [3.63, 3.8) is 0 Å². The third-order valence-corrected chi connectivity index (χ3v) is 6.65. The van der Waals surface area contributed by atoms with Gasteiger partial charge >= 0.3 is 6.18 Å². The van der Waals surface area contributed by atoms with E-state index in [1.54, 1.807) is 60.7 Å². The molecule has 44 heavy (non-hydrogen) atoms. The van der Waals surface area contributed by atoms with Crippen LogP contribution in [0.1, 0.15) is 42.2 Å². The molecule has 0 aliphatic heterocycles. The maximum absolute atomic E-state index is 13.2. The highest BCUT2D eigenvalue weighted by Gasteiger charge is 2.30. The molecule has 3 N–H and O–H groups in total. The van der Waals surface area contributed by atoms with E-state index in [-0.39, 0.29) is 29.3 Å². The molecule has 5 aromatic rings. The Kier molecular flexibility index (Phi) is 8.80. The Bertz CT molecular complexity index is 1790. The zero-order chi connectivity index (χ0) is 31.1. The fourth-order valence-corrected chi connectivity index (χ4v) is 4.39. The zero-order valence-electron chi connectivity index (χ0n) is 23.1. The first kappa shape index (κ1) is 29.7. The van der Waals surface area contributed by atoms with Crippen LogP contribution in [0, 0.1) is 0 Å². The summed E-state index contributed by atoms with van der Waals surface area (Å²) in [5.41, 5.74) is 2.74. The second-order valence-corrected chi connectivity index (χ2v) is 9.74. The molecule has 0 unspecified atom stereocenters. The van der Waals surface area contributed by atoms with Crippen LogP contribution < -0.4 is 16.0 Å². The summed E-state index contributed by atoms with van der Waals surface area (Å²) in [7, 11) is 0. The zero-order valence-corrected chi connectivity index (χ0v) is 23.1. The fraction of sp³-hybridized carbons (Fsp3) is 0.0588. The molecule has 0 saturated heterocycles. The molecule has 3 amide bonds. The lowest BCUT2D eigenvalue weighted by molar-refractivity contribution is -0.137. The molecule has 0 aliphatic rings. The van der Waals surface area contributed by atoms with Crippen molar-refractivity contribution in [2.75, 3.05) is 10.6 Å². The van der Waals surface area contributed by atoms with Crippen molar-refractivity contribution < 1.29 is 27.6 Å². The molecular weight excluding hydrogens is 569 g/mol. The number of anilines is 2. The first-order chi connectivity index (χ1) is 21.2. The van der Waals surface area contributed by atoms with Crippen molar-refractivity contribution in [1.29, 1.82) is 0 Å². The third-order valence-electron chi connectivity index (χ3n) is 6.65. The van der Waals surface area contributed by atoms with Crippen LogP contribution in [0.5, 0.6) is 0 Å². The van der Waals surface area contributed by atoms with Crippen LogP contribution in [-0.2, 0) is 12.7 Å². The van der Waals surface area contributed by atoms with Crippen LogP contribution in [0.15, 0.2) is 122 Å². The fourth-order valence-electron chi connectivity index (χ4n) is 4.39. The van der Waals surface area contributed by atoms with Crippen LogP contribution in [0.25, 0.3) is 11.1 Å². The van der Waals surface area contributed by atoms with Gasteiger partial charge in [0.05, 0.1) is 23.0 Å². The van der Waals surface area contributed by atoms with Gasteiger partial charge in [0.1, 0.15) is 0 Å². The van der Waals surface area contributed by atoms with E-state index in [0.29, 0.717) is 22.4 Å². The van der Waals surface area contributed by atoms with E-state index in [9.17, 15) is 27.6 Å². The van der Waals surface area contributed by atoms with Crippen molar-refractivity contribution in [1.82, 2.24) is 10.3 Å². The number of hydrogen-bond donors (Lipinski definition) is 3. The van der Waals surface area contributed by atoms with Crippen molar-refractivity contribution in [3.8, 4) is 11.1 Å². The molecule has 0 saturated carbocycles. The minimum atomic E-state index is -4.47. The van der Waals surface area contributed by atoms with Gasteiger partial charge in [-0.25, -0.2) is 0 Å². The number of carbonyl (C=O) groups excluding carboxylic acids is 3. The number of hydrogen-bond acceptors (Lipinski definition) is 4. The summed E-state index contributed by atoms with van der Waals surface area (Å²) in [6, 6.07) is 28.5. The molecule has 7 nitrogen and oxygen atoms in total. The van der Waals surface area contributed by atoms with Gasteiger partial charge in [0.2, 0.25) is 0 Å². The molecule has 0 atom stereocenters. The van der Waals surface area contributed by atoms with Crippen molar-refractivity contribution in [2.24, 2.45) is 0 Å². The molecule has 0 bridgehead atoms. The number of nitrogens with one attached hydrogen (secondary N) is 3. The molecule has 0 aliphatic carbocycles. The smallest absolute Gasteiger partial charge is 0.348 e. The summed E-state index contributed by atoms with van der Waals surface area (Å²) in [4.78, 5) is 42.5. The van der Waals surface area contributed by atoms with Gasteiger partial charge in [0.15, 0.2) is 0 Å². The molecule has 5 rings (SSSR count). The molecule has 220 valence electrons. The predicted octanol–water partition coefficient (Wildman–Crippen LogP) is 7.20. The minimum Gasteiger partial charge on any atom is -0.348 e. The van der Waals surface area contributed by atoms with E-state index < -0.39 is 23.6 Å². The number of benzene rings is 4. The second-order valence-electron chi connectivity index (χ2n) is 9.74. The Morgan fingerprint density at radius 2 is 1.30 bits per heavy atom. The van der Waals surface area contributed by atoms with E-state index in [4.69, 9.17) is 0 Å². The highest BCUT2D eigenvalue weighted by molar-refractivity contribution is 6.09. The van der Waals surface area contributed by atoms with Crippen LogP contribution >= 0.6 is 0 Å². The van der Waals surface area contributed by atoms with E-state index >= 15 is 0 Å². The number of rotatable bonds is 8. The minimum absolute atomic E-state index is 0.191. The van der Waals surface area contributed by atoms with E-state index in [2.05, 4.69) is 20.9 Å². The Hall–Kier alpha value is -5.77. The SMILES string of the molecule is O=C(NCc1ccc(C(=O)Nc2ccccc2)cc1)c1cncc(NC(=O)c2ccccc2-c2ccc(C(F)(F)F)cc2)c1. The van der Waals surface area contributed by atoms with Gasteiger partial charge in [0, 0.05) is 29.6 Å². The Morgan fingerprint density at radius 1 is 0.636 bits per heavy atom. The molecule has 1 aromatic heterocycles. The summed E-state index contributed by atoms with van der Waals surface area (Å²) >= 11 is 0. The second kappa shape index (κ2) is 13.0. The van der Waals surface area contributed by atoms with Gasteiger partial charge in [-0.05, 0) is 65.2 Å². The summed E-state index contributed by atoms with van der Waals surface area (Å²) in [5, 5.41) is 8.31. The molecule has 1 heterocycles. The first-order valence-electron chi connectivity index (χ1n) is 13.4. The molecule has 4 aromatic carbocycles. The Morgan fingerprint density at radius 3 is 2.00 bits per heavy atom. The standard InChI is InChI=1S/C34H25F3N4O3/c35-34(36,37)26-16-14-23(15-17-26)29-8-4-5-9-30(29)33(44)41-28-18-25(20-38-21-28)31(42)39-19-22-10-12-24(13-11-22)32(43)40-27-6-2-1-3-7-27/h1-18,20-21H,19H2,(H,39,42)(H,40,43)(H,41,44). The normalized spacial score (nSPS) is 11.0. The number of amides is 3. The summed E-state index contributed by atoms with van der Waals surface area (Å²) in [6.07, 6.45) is -1.72. The van der Waals surface area contributed by atoms with Crippen LogP contribution in [0.4, 0.5) is 24.5 Å². The topological polar surface area (TPSA) is 100 Å². The quantitative estimate of drug-likeness (QED) is 0.177. The Balaban J connectivity index is 1.21. The van der Waals surface area contributed by atoms with E-state index in [0.717, 1.165) is 17.7 Å². The third kappa shape index (κ3) is 7.35. The van der Waals surface area contributed by atoms with Gasteiger partial charge in [0.25, 0.3) is 17.7 Å². The number of alkyl halides is 3. The van der Waals surface area contributed by atoms with Gasteiger partial charge in [-0.3, -0.25) is 19.4 Å². The van der Waals surface area contributed by atoms with E-state index in [1.165, 1.54) is 30.6 Å². The van der Waals surface area contributed by atoms with Gasteiger partial charge in [-0.2, -0.15) is 13.2 Å². The van der Waals surface area contributed by atoms with Crippen molar-refractivity contribution >= 4 is 29.1 Å². The summed E-state index contributed by atoms with van der Waals surface area (Å²) in [5.74, 6) is -1.19. The highest BCUT2D eigenvalue weighted by atomic mass is 19.4. The van der Waals surface area contributed by atoms with Crippen LogP contribution in [0.3, 0.4) is 0 Å². The number of nitrogens with zero attached hydrogens (tertiary/aromatic N) is 1. The molecular formula is C34H25F3N4O3. The number of pyridine rings is 1. The predicted molar refractivity (Wildman–Crippen MR) is 161 cm³/mol. The maximum Gasteiger partial charge on any atom is 0.416 e. The maximum atomic E-state index is 13.2. The molecule has 10 heteroatoms. The highest BCUT2D eigenvalue weighted by Crippen LogP contribution is 2.32. The molecule has 0 spiro atoms. The average Bonchev–Trinajstić information content (AvgIpc) is 3.04. The van der Waals surface area contributed by atoms with Crippen LogP contribution in [0.2, 0.25) is 0 Å². The van der Waals surface area contributed by atoms with E-state index in [1.807, 2.05) is 18.2 Å². The van der Waals surface area contributed by atoms with Crippen molar-refractivity contribution in [2.45, 2.75) is 12.7 Å². The largest absolute Gasteiger partial charge is 0.416 e. The lowest BCUT2D eigenvalue weighted by Crippen LogP contribution is -2.23. The monoisotopic (exact) mass is 594 g/mol. The van der Waals surface area contributed by atoms with Gasteiger partial charge < -0.3 is 16.0 Å². The lowest BCUT2D eigenvalue weighted by atomic mass is 9.98. The Labute approximate surface area is 250 Å². The molecule has 0 fully saturated rings. The first-order valence-corrected chi connectivity index (χ1v) is 13.4. The lowest BCUT2D eigenvalue weighted by Gasteiger charge is -2.12. The molecule has 0 radical (unpaired) electrons. The summed E-state index contributed by atoms with van der Waals surface area (Å²) in [6.45, 7) is 0.191. The van der Waals surface area contributed by atoms with Gasteiger partial charge in [-0.1, -0.05) is 60.7 Å². The average molecular weight is 595 g/mol. The van der Waals surface area contributed by atoms with Gasteiger partial charge in [-0.15, -0.1) is 0 Å².